The minimum atomic E-state index is 0.742. The second-order valence-corrected chi connectivity index (χ2v) is 2.72. The SMILES string of the molecule is CCNc1sccc1C#N. The molecule has 0 bridgehead atoms. The van der Waals surface area contributed by atoms with E-state index in [2.05, 4.69) is 11.4 Å². The Labute approximate surface area is 64.1 Å². The van der Waals surface area contributed by atoms with Gasteiger partial charge in [0, 0.05) is 6.54 Å². The highest BCUT2D eigenvalue weighted by molar-refractivity contribution is 7.14. The number of hydrogen-bond donors (Lipinski definition) is 1. The molecule has 0 aliphatic carbocycles. The van der Waals surface area contributed by atoms with E-state index in [1.807, 2.05) is 18.4 Å². The Bertz CT molecular complexity index is 246. The lowest BCUT2D eigenvalue weighted by atomic mass is 10.3. The molecule has 0 atom stereocenters. The maximum atomic E-state index is 8.55. The van der Waals surface area contributed by atoms with Gasteiger partial charge in [0.05, 0.1) is 5.56 Å². The molecule has 0 radical (unpaired) electrons. The van der Waals surface area contributed by atoms with Crippen LogP contribution in [0.5, 0.6) is 0 Å². The molecule has 0 saturated carbocycles. The zero-order valence-corrected chi connectivity index (χ0v) is 6.53. The van der Waals surface area contributed by atoms with Gasteiger partial charge in [-0.05, 0) is 18.4 Å². The molecule has 0 amide bonds. The van der Waals surface area contributed by atoms with Crippen molar-refractivity contribution in [3.8, 4) is 6.07 Å². The molecule has 52 valence electrons. The molecule has 1 aromatic heterocycles. The summed E-state index contributed by atoms with van der Waals surface area (Å²) in [7, 11) is 0. The van der Waals surface area contributed by atoms with E-state index < -0.39 is 0 Å². The molecule has 10 heavy (non-hydrogen) atoms. The highest BCUT2D eigenvalue weighted by atomic mass is 32.1. The van der Waals surface area contributed by atoms with Gasteiger partial charge >= 0.3 is 0 Å². The lowest BCUT2D eigenvalue weighted by Gasteiger charge is -1.96. The van der Waals surface area contributed by atoms with Gasteiger partial charge < -0.3 is 5.32 Å². The summed E-state index contributed by atoms with van der Waals surface area (Å²) in [6.45, 7) is 2.88. The predicted octanol–water partition coefficient (Wildman–Crippen LogP) is 2.05. The van der Waals surface area contributed by atoms with Crippen molar-refractivity contribution in [1.82, 2.24) is 0 Å². The van der Waals surface area contributed by atoms with Crippen molar-refractivity contribution in [3.63, 3.8) is 0 Å². The van der Waals surface area contributed by atoms with E-state index in [-0.39, 0.29) is 0 Å². The smallest absolute Gasteiger partial charge is 0.106 e. The fourth-order valence-corrected chi connectivity index (χ4v) is 1.50. The van der Waals surface area contributed by atoms with Crippen LogP contribution in [0.15, 0.2) is 11.4 Å². The molecule has 0 aromatic carbocycles. The summed E-state index contributed by atoms with van der Waals surface area (Å²) in [5, 5.41) is 14.5. The summed E-state index contributed by atoms with van der Waals surface area (Å²) < 4.78 is 0. The van der Waals surface area contributed by atoms with Crippen molar-refractivity contribution in [2.24, 2.45) is 0 Å². The van der Waals surface area contributed by atoms with Crippen molar-refractivity contribution in [3.05, 3.63) is 17.0 Å². The van der Waals surface area contributed by atoms with E-state index in [4.69, 9.17) is 5.26 Å². The van der Waals surface area contributed by atoms with Crippen molar-refractivity contribution in [2.45, 2.75) is 6.92 Å². The molecule has 0 fully saturated rings. The van der Waals surface area contributed by atoms with E-state index in [0.29, 0.717) is 0 Å². The highest BCUT2D eigenvalue weighted by Crippen LogP contribution is 2.21. The zero-order valence-electron chi connectivity index (χ0n) is 5.72. The minimum Gasteiger partial charge on any atom is -0.376 e. The van der Waals surface area contributed by atoms with Gasteiger partial charge in [0.25, 0.3) is 0 Å². The van der Waals surface area contributed by atoms with Gasteiger partial charge in [-0.3, -0.25) is 0 Å². The van der Waals surface area contributed by atoms with Crippen molar-refractivity contribution >= 4 is 16.3 Å². The number of anilines is 1. The Morgan fingerprint density at radius 1 is 1.80 bits per heavy atom. The molecule has 0 saturated heterocycles. The van der Waals surface area contributed by atoms with Gasteiger partial charge in [0.2, 0.25) is 0 Å². The molecule has 0 spiro atoms. The Morgan fingerprint density at radius 2 is 2.60 bits per heavy atom. The molecule has 0 aliphatic heterocycles. The highest BCUT2D eigenvalue weighted by Gasteiger charge is 1.99. The fourth-order valence-electron chi connectivity index (χ4n) is 0.695. The van der Waals surface area contributed by atoms with Crippen LogP contribution < -0.4 is 5.32 Å². The Kier molecular flexibility index (Phi) is 2.30. The predicted molar refractivity (Wildman–Crippen MR) is 43.2 cm³/mol. The first-order chi connectivity index (χ1) is 4.88. The van der Waals surface area contributed by atoms with Crippen molar-refractivity contribution < 1.29 is 0 Å². The third-order valence-corrected chi connectivity index (χ3v) is 2.00. The van der Waals surface area contributed by atoms with Crippen LogP contribution in [0.25, 0.3) is 0 Å². The van der Waals surface area contributed by atoms with E-state index in [9.17, 15) is 0 Å². The molecular formula is C7H8N2S. The standard InChI is InChI=1S/C7H8N2S/c1-2-9-7-6(5-8)3-4-10-7/h3-4,9H,2H2,1H3. The van der Waals surface area contributed by atoms with E-state index >= 15 is 0 Å². The molecular weight excluding hydrogens is 144 g/mol. The monoisotopic (exact) mass is 152 g/mol. The first-order valence-electron chi connectivity index (χ1n) is 3.10. The molecule has 0 aliphatic rings. The third kappa shape index (κ3) is 1.28. The maximum Gasteiger partial charge on any atom is 0.106 e. The van der Waals surface area contributed by atoms with Crippen LogP contribution in [0.4, 0.5) is 5.00 Å². The first kappa shape index (κ1) is 7.10. The quantitative estimate of drug-likeness (QED) is 0.704. The topological polar surface area (TPSA) is 35.8 Å². The third-order valence-electron chi connectivity index (χ3n) is 1.12. The Hall–Kier alpha value is -1.01. The average molecular weight is 152 g/mol. The summed E-state index contributed by atoms with van der Waals surface area (Å²) in [6.07, 6.45) is 0. The van der Waals surface area contributed by atoms with Crippen LogP contribution in [0.2, 0.25) is 0 Å². The van der Waals surface area contributed by atoms with Gasteiger partial charge in [-0.25, -0.2) is 0 Å². The summed E-state index contributed by atoms with van der Waals surface area (Å²) in [5.41, 5.74) is 0.742. The average Bonchev–Trinajstić information content (AvgIpc) is 2.36. The van der Waals surface area contributed by atoms with Crippen LogP contribution in [-0.4, -0.2) is 6.54 Å². The Balaban J connectivity index is 2.82. The normalized spacial score (nSPS) is 8.80. The number of rotatable bonds is 2. The second kappa shape index (κ2) is 3.23. The maximum absolute atomic E-state index is 8.55. The first-order valence-corrected chi connectivity index (χ1v) is 3.98. The van der Waals surface area contributed by atoms with E-state index in [1.54, 1.807) is 11.3 Å². The lowest BCUT2D eigenvalue weighted by molar-refractivity contribution is 1.22. The molecule has 3 heteroatoms. The van der Waals surface area contributed by atoms with Gasteiger partial charge in [-0.15, -0.1) is 11.3 Å². The summed E-state index contributed by atoms with van der Waals surface area (Å²) in [6, 6.07) is 3.93. The molecule has 1 N–H and O–H groups in total. The molecule has 1 rings (SSSR count). The largest absolute Gasteiger partial charge is 0.376 e. The lowest BCUT2D eigenvalue weighted by Crippen LogP contribution is -1.94. The van der Waals surface area contributed by atoms with Gasteiger partial charge in [-0.2, -0.15) is 5.26 Å². The fraction of sp³-hybridized carbons (Fsp3) is 0.286. The molecule has 1 heterocycles. The van der Waals surface area contributed by atoms with Crippen LogP contribution in [-0.2, 0) is 0 Å². The van der Waals surface area contributed by atoms with Gasteiger partial charge in [0.1, 0.15) is 11.1 Å². The zero-order chi connectivity index (χ0) is 7.40. The number of nitrogens with one attached hydrogen (secondary N) is 1. The van der Waals surface area contributed by atoms with Crippen molar-refractivity contribution in [1.29, 1.82) is 5.26 Å². The van der Waals surface area contributed by atoms with Crippen molar-refractivity contribution in [2.75, 3.05) is 11.9 Å². The number of thiophene rings is 1. The number of nitrogens with zero attached hydrogens (tertiary/aromatic N) is 1. The van der Waals surface area contributed by atoms with Crippen LogP contribution in [0, 0.1) is 11.3 Å². The molecule has 2 nitrogen and oxygen atoms in total. The van der Waals surface area contributed by atoms with Crippen LogP contribution in [0.3, 0.4) is 0 Å². The summed E-state index contributed by atoms with van der Waals surface area (Å²) >= 11 is 1.57. The van der Waals surface area contributed by atoms with Crippen LogP contribution in [0.1, 0.15) is 12.5 Å². The second-order valence-electron chi connectivity index (χ2n) is 1.81. The molecule has 0 unspecified atom stereocenters. The van der Waals surface area contributed by atoms with Crippen LogP contribution >= 0.6 is 11.3 Å². The number of hydrogen-bond acceptors (Lipinski definition) is 3. The minimum absolute atomic E-state index is 0.742. The Morgan fingerprint density at radius 3 is 3.20 bits per heavy atom. The number of nitriles is 1. The summed E-state index contributed by atoms with van der Waals surface area (Å²) in [4.78, 5) is 0. The van der Waals surface area contributed by atoms with E-state index in [1.165, 1.54) is 0 Å². The summed E-state index contributed by atoms with van der Waals surface area (Å²) in [5.74, 6) is 0. The van der Waals surface area contributed by atoms with Gasteiger partial charge in [0.15, 0.2) is 0 Å². The van der Waals surface area contributed by atoms with E-state index in [0.717, 1.165) is 17.1 Å². The molecule has 1 aromatic rings. The van der Waals surface area contributed by atoms with Gasteiger partial charge in [-0.1, -0.05) is 0 Å².